The Kier molecular flexibility index (Phi) is 5.93. The smallest absolute Gasteiger partial charge is 0.406 e. The molecule has 0 saturated carbocycles. The van der Waals surface area contributed by atoms with Crippen LogP contribution in [-0.2, 0) is 0 Å². The van der Waals surface area contributed by atoms with E-state index in [1.165, 1.54) is 14.0 Å². The van der Waals surface area contributed by atoms with Crippen LogP contribution in [0.4, 0.5) is 39.5 Å². The van der Waals surface area contributed by atoms with Crippen LogP contribution in [0.3, 0.4) is 0 Å². The van der Waals surface area contributed by atoms with Crippen LogP contribution in [0.15, 0.2) is 12.1 Å². The van der Waals surface area contributed by atoms with Gasteiger partial charge in [-0.3, -0.25) is 0 Å². The van der Waals surface area contributed by atoms with E-state index in [2.05, 4.69) is 19.5 Å². The van der Waals surface area contributed by atoms with Gasteiger partial charge >= 0.3 is 19.1 Å². The van der Waals surface area contributed by atoms with Gasteiger partial charge in [0.05, 0.1) is 0 Å². The molecule has 0 bridgehead atoms. The number of ether oxygens (including phenoxy) is 3. The molecular weight excluding hydrogens is 377 g/mol. The average Bonchev–Trinajstić information content (AvgIpc) is 2.35. The van der Waals surface area contributed by atoms with Gasteiger partial charge in [-0.1, -0.05) is 0 Å². The van der Waals surface area contributed by atoms with Crippen molar-refractivity contribution in [1.29, 1.82) is 0 Å². The number of hydrogen-bond acceptors (Lipinski definition) is 4. The van der Waals surface area contributed by atoms with Crippen LogP contribution >= 0.6 is 0 Å². The van der Waals surface area contributed by atoms with E-state index in [1.54, 1.807) is 0 Å². The lowest BCUT2D eigenvalue weighted by molar-refractivity contribution is -0.288. The van der Waals surface area contributed by atoms with Gasteiger partial charge in [-0.2, -0.15) is 0 Å². The van der Waals surface area contributed by atoms with Crippen molar-refractivity contribution in [3.63, 3.8) is 0 Å². The Hall–Kier alpha value is -2.05. The molecule has 0 aliphatic rings. The summed E-state index contributed by atoms with van der Waals surface area (Å²) in [6.45, 7) is 1.17. The third-order valence-electron chi connectivity index (χ3n) is 2.63. The van der Waals surface area contributed by atoms with Crippen LogP contribution in [0.2, 0.25) is 0 Å². The van der Waals surface area contributed by atoms with E-state index in [9.17, 15) is 39.5 Å². The van der Waals surface area contributed by atoms with E-state index in [-0.39, 0.29) is 6.07 Å². The van der Waals surface area contributed by atoms with Crippen molar-refractivity contribution in [3.8, 4) is 17.2 Å². The Bertz CT molecular complexity index is 595. The van der Waals surface area contributed by atoms with Crippen molar-refractivity contribution in [3.05, 3.63) is 17.7 Å². The second-order valence-corrected chi connectivity index (χ2v) is 4.49. The zero-order chi connectivity index (χ0) is 19.6. The fourth-order valence-electron chi connectivity index (χ4n) is 1.69. The maximum Gasteiger partial charge on any atom is 0.573 e. The van der Waals surface area contributed by atoms with Gasteiger partial charge in [-0.15, -0.1) is 39.5 Å². The van der Waals surface area contributed by atoms with Gasteiger partial charge < -0.3 is 19.5 Å². The number of hydrogen-bond donors (Lipinski definition) is 1. The summed E-state index contributed by atoms with van der Waals surface area (Å²) in [5, 5.41) is 2.37. The van der Waals surface area contributed by atoms with E-state index >= 15 is 0 Å². The topological polar surface area (TPSA) is 39.7 Å². The highest BCUT2D eigenvalue weighted by atomic mass is 19.4. The summed E-state index contributed by atoms with van der Waals surface area (Å²) >= 11 is 0. The maximum absolute atomic E-state index is 12.5. The number of rotatable bonds is 5. The quantitative estimate of drug-likeness (QED) is 0.746. The van der Waals surface area contributed by atoms with Gasteiger partial charge in [0.15, 0.2) is 11.5 Å². The average molecular weight is 387 g/mol. The molecule has 0 aliphatic carbocycles. The molecule has 0 aromatic heterocycles. The molecule has 13 heteroatoms. The molecule has 1 aromatic rings. The highest BCUT2D eigenvalue weighted by Crippen LogP contribution is 2.44. The summed E-state index contributed by atoms with van der Waals surface area (Å²) in [5.74, 6) is -4.29. The minimum absolute atomic E-state index is 0.00602. The van der Waals surface area contributed by atoms with Gasteiger partial charge in [0.1, 0.15) is 5.75 Å². The molecule has 25 heavy (non-hydrogen) atoms. The lowest BCUT2D eigenvalue weighted by Gasteiger charge is -2.22. The molecule has 0 spiro atoms. The fourth-order valence-corrected chi connectivity index (χ4v) is 1.69. The molecule has 4 nitrogen and oxygen atoms in total. The number of benzene rings is 1. The van der Waals surface area contributed by atoms with Crippen LogP contribution in [0.25, 0.3) is 0 Å². The Morgan fingerprint density at radius 2 is 1.28 bits per heavy atom. The third kappa shape index (κ3) is 7.15. The molecule has 1 unspecified atom stereocenters. The fraction of sp³-hybridized carbons (Fsp3) is 0.500. The third-order valence-corrected chi connectivity index (χ3v) is 2.63. The van der Waals surface area contributed by atoms with E-state index in [0.29, 0.717) is 6.07 Å². The second-order valence-electron chi connectivity index (χ2n) is 4.49. The highest BCUT2D eigenvalue weighted by Gasteiger charge is 2.39. The Balaban J connectivity index is 3.56. The van der Waals surface area contributed by atoms with Gasteiger partial charge in [0, 0.05) is 17.7 Å². The number of halogens is 9. The van der Waals surface area contributed by atoms with Gasteiger partial charge in [0.25, 0.3) is 0 Å². The minimum Gasteiger partial charge on any atom is -0.406 e. The molecule has 1 atom stereocenters. The van der Waals surface area contributed by atoms with Gasteiger partial charge in [-0.05, 0) is 20.0 Å². The molecule has 0 radical (unpaired) electrons. The molecule has 0 fully saturated rings. The largest absolute Gasteiger partial charge is 0.573 e. The molecule has 1 aromatic carbocycles. The van der Waals surface area contributed by atoms with Gasteiger partial charge in [-0.25, -0.2) is 0 Å². The van der Waals surface area contributed by atoms with Crippen LogP contribution < -0.4 is 19.5 Å². The van der Waals surface area contributed by atoms with Crippen molar-refractivity contribution in [2.24, 2.45) is 0 Å². The van der Waals surface area contributed by atoms with Crippen LogP contribution in [0, 0.1) is 0 Å². The monoisotopic (exact) mass is 387 g/mol. The lowest BCUT2D eigenvalue weighted by Crippen LogP contribution is -2.24. The Morgan fingerprint density at radius 3 is 1.68 bits per heavy atom. The zero-order valence-electron chi connectivity index (χ0n) is 12.4. The summed E-state index contributed by atoms with van der Waals surface area (Å²) in [6.07, 6.45) is -16.2. The summed E-state index contributed by atoms with van der Waals surface area (Å²) < 4.78 is 122. The molecule has 0 saturated heterocycles. The van der Waals surface area contributed by atoms with Crippen LogP contribution in [0.1, 0.15) is 18.5 Å². The Morgan fingerprint density at radius 1 is 0.800 bits per heavy atom. The van der Waals surface area contributed by atoms with E-state index in [4.69, 9.17) is 0 Å². The van der Waals surface area contributed by atoms with Crippen molar-refractivity contribution in [2.45, 2.75) is 32.1 Å². The normalized spacial score (nSPS) is 14.2. The van der Waals surface area contributed by atoms with Gasteiger partial charge in [0.2, 0.25) is 0 Å². The first-order valence-corrected chi connectivity index (χ1v) is 6.23. The number of nitrogens with one attached hydrogen (secondary N) is 1. The zero-order valence-corrected chi connectivity index (χ0v) is 12.4. The van der Waals surface area contributed by atoms with Crippen molar-refractivity contribution in [1.82, 2.24) is 5.32 Å². The predicted molar refractivity (Wildman–Crippen MR) is 64.0 cm³/mol. The van der Waals surface area contributed by atoms with E-state index in [1.807, 2.05) is 0 Å². The lowest BCUT2D eigenvalue weighted by atomic mass is 10.1. The SMILES string of the molecule is CNC(C)c1cc(OC(F)(F)F)cc(OC(F)(F)F)c1OC(F)(F)F. The van der Waals surface area contributed by atoms with E-state index < -0.39 is 47.9 Å². The Labute approximate surface area is 134 Å². The van der Waals surface area contributed by atoms with Crippen molar-refractivity contribution >= 4 is 0 Å². The molecule has 144 valence electrons. The predicted octanol–water partition coefficient (Wildman–Crippen LogP) is 4.66. The van der Waals surface area contributed by atoms with Crippen molar-refractivity contribution in [2.75, 3.05) is 7.05 Å². The summed E-state index contributed by atoms with van der Waals surface area (Å²) in [5.41, 5.74) is -0.694. The standard InChI is InChI=1S/C12H10F9NO3/c1-5(22-2)7-3-6(23-10(13,14)15)4-8(24-11(16,17)18)9(7)25-12(19,20)21/h3-5,22H,1-2H3. The van der Waals surface area contributed by atoms with E-state index in [0.717, 1.165) is 0 Å². The maximum atomic E-state index is 12.5. The first-order chi connectivity index (χ1) is 11.1. The van der Waals surface area contributed by atoms with Crippen LogP contribution in [-0.4, -0.2) is 26.1 Å². The first kappa shape index (κ1) is 21.0. The minimum atomic E-state index is -5.49. The molecular formula is C12H10F9NO3. The molecule has 1 rings (SSSR count). The second kappa shape index (κ2) is 7.06. The molecule has 1 N–H and O–H groups in total. The highest BCUT2D eigenvalue weighted by molar-refractivity contribution is 5.53. The molecule has 0 amide bonds. The summed E-state index contributed by atoms with van der Waals surface area (Å²) in [4.78, 5) is 0. The number of alkyl halides is 9. The molecule has 0 heterocycles. The first-order valence-electron chi connectivity index (χ1n) is 6.23. The van der Waals surface area contributed by atoms with Crippen LogP contribution in [0.5, 0.6) is 17.2 Å². The van der Waals surface area contributed by atoms with Crippen molar-refractivity contribution < 1.29 is 53.7 Å². The summed E-state index contributed by atoms with van der Waals surface area (Å²) in [7, 11) is 1.21. The molecule has 0 aliphatic heterocycles. The summed E-state index contributed by atoms with van der Waals surface area (Å²) in [6, 6.07) is -0.683.